The van der Waals surface area contributed by atoms with E-state index in [4.69, 9.17) is 4.74 Å². The summed E-state index contributed by atoms with van der Waals surface area (Å²) in [5.41, 5.74) is 2.76. The van der Waals surface area contributed by atoms with Crippen molar-refractivity contribution in [2.75, 3.05) is 12.4 Å². The number of anilines is 1. The van der Waals surface area contributed by atoms with E-state index in [2.05, 4.69) is 10.3 Å². The molecule has 5 nitrogen and oxygen atoms in total. The molecule has 0 aliphatic rings. The first-order valence-corrected chi connectivity index (χ1v) is 7.75. The van der Waals surface area contributed by atoms with Gasteiger partial charge < -0.3 is 14.6 Å². The number of imidazole rings is 1. The number of nitrogens with one attached hydrogen (secondary N) is 1. The Morgan fingerprint density at radius 2 is 2.00 bits per heavy atom. The standard InChI is InChI=1S/C19H18FN3O2/c1-23-12-21-17(14-6-8-16(20)9-7-14)18(23)22-19(24)15-5-3-4-13(10-15)11-25-2/h3-10,12H,11H2,1-2H3,(H,22,24). The molecule has 1 heterocycles. The Balaban J connectivity index is 1.88. The van der Waals surface area contributed by atoms with Crippen LogP contribution in [0.1, 0.15) is 15.9 Å². The van der Waals surface area contributed by atoms with Crippen molar-refractivity contribution in [1.82, 2.24) is 9.55 Å². The lowest BCUT2D eigenvalue weighted by Gasteiger charge is -2.10. The van der Waals surface area contributed by atoms with Crippen LogP contribution in [0.25, 0.3) is 11.3 Å². The quantitative estimate of drug-likeness (QED) is 0.772. The molecule has 6 heteroatoms. The number of halogens is 1. The highest BCUT2D eigenvalue weighted by Crippen LogP contribution is 2.26. The lowest BCUT2D eigenvalue weighted by molar-refractivity contribution is 0.102. The molecule has 128 valence electrons. The van der Waals surface area contributed by atoms with Crippen LogP contribution in [0.15, 0.2) is 54.9 Å². The number of ether oxygens (including phenoxy) is 1. The topological polar surface area (TPSA) is 56.1 Å². The van der Waals surface area contributed by atoms with Crippen molar-refractivity contribution in [3.05, 3.63) is 71.8 Å². The number of amides is 1. The summed E-state index contributed by atoms with van der Waals surface area (Å²) in [7, 11) is 3.40. The van der Waals surface area contributed by atoms with Crippen molar-refractivity contribution >= 4 is 11.7 Å². The summed E-state index contributed by atoms with van der Waals surface area (Å²) in [6.07, 6.45) is 1.61. The number of benzene rings is 2. The molecule has 0 atom stereocenters. The summed E-state index contributed by atoms with van der Waals surface area (Å²) >= 11 is 0. The van der Waals surface area contributed by atoms with Gasteiger partial charge in [-0.25, -0.2) is 9.37 Å². The van der Waals surface area contributed by atoms with Crippen LogP contribution in [0.5, 0.6) is 0 Å². The molecule has 0 bridgehead atoms. The monoisotopic (exact) mass is 339 g/mol. The van der Waals surface area contributed by atoms with Crippen LogP contribution in [0.3, 0.4) is 0 Å². The predicted octanol–water partition coefficient (Wildman–Crippen LogP) is 3.62. The first-order valence-electron chi connectivity index (χ1n) is 7.75. The Hall–Kier alpha value is -2.99. The molecule has 1 aromatic heterocycles. The van der Waals surface area contributed by atoms with Gasteiger partial charge in [0.25, 0.3) is 5.91 Å². The summed E-state index contributed by atoms with van der Waals surface area (Å²) < 4.78 is 20.0. The maximum atomic E-state index is 13.1. The molecule has 0 spiro atoms. The summed E-state index contributed by atoms with van der Waals surface area (Å²) in [5, 5.41) is 2.88. The maximum Gasteiger partial charge on any atom is 0.256 e. The zero-order valence-electron chi connectivity index (χ0n) is 14.0. The molecule has 1 N–H and O–H groups in total. The average Bonchev–Trinajstić information content (AvgIpc) is 2.97. The van der Waals surface area contributed by atoms with Gasteiger partial charge in [0, 0.05) is 25.3 Å². The highest BCUT2D eigenvalue weighted by molar-refractivity contribution is 6.05. The Bertz CT molecular complexity index is 888. The van der Waals surface area contributed by atoms with Crippen molar-refractivity contribution < 1.29 is 13.9 Å². The van der Waals surface area contributed by atoms with Gasteiger partial charge in [-0.3, -0.25) is 4.79 Å². The third kappa shape index (κ3) is 3.75. The van der Waals surface area contributed by atoms with Gasteiger partial charge in [-0.15, -0.1) is 0 Å². The molecular weight excluding hydrogens is 321 g/mol. The third-order valence-electron chi connectivity index (χ3n) is 3.79. The summed E-state index contributed by atoms with van der Waals surface area (Å²) in [4.78, 5) is 16.9. The molecule has 2 aromatic carbocycles. The molecule has 0 saturated heterocycles. The Labute approximate surface area is 145 Å². The first kappa shape index (κ1) is 16.9. The van der Waals surface area contributed by atoms with E-state index in [1.54, 1.807) is 49.3 Å². The van der Waals surface area contributed by atoms with Crippen LogP contribution in [0.4, 0.5) is 10.2 Å². The molecular formula is C19H18FN3O2. The minimum absolute atomic E-state index is 0.245. The molecule has 0 unspecified atom stereocenters. The lowest BCUT2D eigenvalue weighted by atomic mass is 10.1. The van der Waals surface area contributed by atoms with Gasteiger partial charge >= 0.3 is 0 Å². The molecule has 3 rings (SSSR count). The average molecular weight is 339 g/mol. The smallest absolute Gasteiger partial charge is 0.256 e. The molecule has 3 aromatic rings. The highest BCUT2D eigenvalue weighted by Gasteiger charge is 2.15. The normalized spacial score (nSPS) is 10.7. The zero-order valence-corrected chi connectivity index (χ0v) is 14.0. The van der Waals surface area contributed by atoms with E-state index < -0.39 is 0 Å². The zero-order chi connectivity index (χ0) is 17.8. The van der Waals surface area contributed by atoms with Crippen LogP contribution in [0.2, 0.25) is 0 Å². The van der Waals surface area contributed by atoms with E-state index >= 15 is 0 Å². The SMILES string of the molecule is COCc1cccc(C(=O)Nc2c(-c3ccc(F)cc3)ncn2C)c1. The van der Waals surface area contributed by atoms with Gasteiger partial charge in [0.2, 0.25) is 0 Å². The van der Waals surface area contributed by atoms with Gasteiger partial charge in [0.05, 0.1) is 12.9 Å². The van der Waals surface area contributed by atoms with E-state index in [1.807, 2.05) is 12.1 Å². The van der Waals surface area contributed by atoms with Crippen LogP contribution in [-0.4, -0.2) is 22.6 Å². The van der Waals surface area contributed by atoms with E-state index in [0.29, 0.717) is 23.7 Å². The largest absolute Gasteiger partial charge is 0.380 e. The van der Waals surface area contributed by atoms with E-state index in [-0.39, 0.29) is 11.7 Å². The Morgan fingerprint density at radius 1 is 1.24 bits per heavy atom. The second-order valence-electron chi connectivity index (χ2n) is 5.65. The summed E-state index contributed by atoms with van der Waals surface area (Å²) in [6, 6.07) is 13.2. The summed E-state index contributed by atoms with van der Waals surface area (Å²) in [5.74, 6) is -0.0149. The molecule has 1 amide bonds. The number of hydrogen-bond donors (Lipinski definition) is 1. The molecule has 0 fully saturated rings. The lowest BCUT2D eigenvalue weighted by Crippen LogP contribution is -2.15. The molecule has 25 heavy (non-hydrogen) atoms. The van der Waals surface area contributed by atoms with Crippen molar-refractivity contribution in [1.29, 1.82) is 0 Å². The molecule has 0 radical (unpaired) electrons. The molecule has 0 aliphatic carbocycles. The highest BCUT2D eigenvalue weighted by atomic mass is 19.1. The Kier molecular flexibility index (Phi) is 4.90. The van der Waals surface area contributed by atoms with E-state index in [9.17, 15) is 9.18 Å². The van der Waals surface area contributed by atoms with Gasteiger partial charge in [-0.05, 0) is 42.0 Å². The summed E-state index contributed by atoms with van der Waals surface area (Å²) in [6.45, 7) is 0.438. The second kappa shape index (κ2) is 7.27. The number of aromatic nitrogens is 2. The first-order chi connectivity index (χ1) is 12.1. The fourth-order valence-corrected chi connectivity index (χ4v) is 2.55. The fourth-order valence-electron chi connectivity index (χ4n) is 2.55. The number of methoxy groups -OCH3 is 1. The van der Waals surface area contributed by atoms with Crippen molar-refractivity contribution in [2.24, 2.45) is 7.05 Å². The van der Waals surface area contributed by atoms with Crippen LogP contribution >= 0.6 is 0 Å². The van der Waals surface area contributed by atoms with E-state index in [0.717, 1.165) is 11.1 Å². The molecule has 0 saturated carbocycles. The predicted molar refractivity (Wildman–Crippen MR) is 93.7 cm³/mol. The number of carbonyl (C=O) groups is 1. The maximum absolute atomic E-state index is 13.1. The van der Waals surface area contributed by atoms with Crippen LogP contribution in [0, 0.1) is 5.82 Å². The molecule has 0 aliphatic heterocycles. The number of carbonyl (C=O) groups excluding carboxylic acids is 1. The number of rotatable bonds is 5. The number of aryl methyl sites for hydroxylation is 1. The van der Waals surface area contributed by atoms with Gasteiger partial charge in [-0.1, -0.05) is 12.1 Å². The minimum atomic E-state index is -0.319. The van der Waals surface area contributed by atoms with Gasteiger partial charge in [0.1, 0.15) is 17.3 Å². The van der Waals surface area contributed by atoms with Gasteiger partial charge in [-0.2, -0.15) is 0 Å². The second-order valence-corrected chi connectivity index (χ2v) is 5.65. The third-order valence-corrected chi connectivity index (χ3v) is 3.79. The van der Waals surface area contributed by atoms with Crippen LogP contribution < -0.4 is 5.32 Å². The minimum Gasteiger partial charge on any atom is -0.380 e. The van der Waals surface area contributed by atoms with Gasteiger partial charge in [0.15, 0.2) is 0 Å². The number of nitrogens with zero attached hydrogens (tertiary/aromatic N) is 2. The van der Waals surface area contributed by atoms with Crippen molar-refractivity contribution in [3.63, 3.8) is 0 Å². The van der Waals surface area contributed by atoms with Crippen molar-refractivity contribution in [3.8, 4) is 11.3 Å². The van der Waals surface area contributed by atoms with E-state index in [1.165, 1.54) is 12.1 Å². The van der Waals surface area contributed by atoms with Crippen molar-refractivity contribution in [2.45, 2.75) is 6.61 Å². The Morgan fingerprint density at radius 3 is 2.72 bits per heavy atom. The number of hydrogen-bond acceptors (Lipinski definition) is 3. The fraction of sp³-hybridized carbons (Fsp3) is 0.158. The van der Waals surface area contributed by atoms with Crippen LogP contribution in [-0.2, 0) is 18.4 Å².